The summed E-state index contributed by atoms with van der Waals surface area (Å²) in [6.07, 6.45) is 4.25. The Bertz CT molecular complexity index is 332. The first-order valence-electron chi connectivity index (χ1n) is 7.01. The van der Waals surface area contributed by atoms with Crippen LogP contribution >= 0.6 is 11.8 Å². The highest BCUT2D eigenvalue weighted by molar-refractivity contribution is 8.00. The van der Waals surface area contributed by atoms with E-state index in [2.05, 4.69) is 0 Å². The zero-order chi connectivity index (χ0) is 13.7. The molecule has 5 nitrogen and oxygen atoms in total. The fourth-order valence-corrected chi connectivity index (χ4v) is 3.96. The number of rotatable bonds is 3. The van der Waals surface area contributed by atoms with Gasteiger partial charge < -0.3 is 10.0 Å². The van der Waals surface area contributed by atoms with Gasteiger partial charge in [0.15, 0.2) is 0 Å². The molecular formula is C13H22N2O3S. The molecule has 0 aliphatic carbocycles. The molecule has 2 aliphatic rings. The number of carboxylic acids is 1. The summed E-state index contributed by atoms with van der Waals surface area (Å²) in [5, 5.41) is 8.95. The summed E-state index contributed by atoms with van der Waals surface area (Å²) in [5.74, 6) is 0.569. The summed E-state index contributed by atoms with van der Waals surface area (Å²) in [7, 11) is 0. The molecule has 2 saturated heterocycles. The lowest BCUT2D eigenvalue weighted by Gasteiger charge is -2.28. The molecule has 0 radical (unpaired) electrons. The lowest BCUT2D eigenvalue weighted by molar-refractivity contribution is -0.138. The van der Waals surface area contributed by atoms with E-state index in [0.29, 0.717) is 13.1 Å². The molecule has 1 atom stereocenters. The quantitative estimate of drug-likeness (QED) is 0.835. The number of amides is 1. The first kappa shape index (κ1) is 14.7. The molecule has 108 valence electrons. The highest BCUT2D eigenvalue weighted by Crippen LogP contribution is 2.26. The molecule has 0 aromatic heterocycles. The third-order valence-corrected chi connectivity index (χ3v) is 5.08. The monoisotopic (exact) mass is 286 g/mol. The lowest BCUT2D eigenvalue weighted by atomic mass is 10.1. The molecular weight excluding hydrogens is 264 g/mol. The second kappa shape index (κ2) is 7.14. The summed E-state index contributed by atoms with van der Waals surface area (Å²) in [6, 6.07) is 0. The van der Waals surface area contributed by atoms with Crippen LogP contribution in [0.1, 0.15) is 25.7 Å². The van der Waals surface area contributed by atoms with Gasteiger partial charge in [-0.15, -0.1) is 11.8 Å². The number of aliphatic carboxylic acids is 1. The van der Waals surface area contributed by atoms with Gasteiger partial charge in [-0.05, 0) is 25.0 Å². The Hall–Kier alpha value is -0.750. The Morgan fingerprint density at radius 2 is 1.95 bits per heavy atom. The average Bonchev–Trinajstić information content (AvgIpc) is 2.64. The van der Waals surface area contributed by atoms with E-state index < -0.39 is 5.97 Å². The summed E-state index contributed by atoms with van der Waals surface area (Å²) in [5.41, 5.74) is 0. The van der Waals surface area contributed by atoms with Crippen molar-refractivity contribution in [3.63, 3.8) is 0 Å². The number of hydrogen-bond acceptors (Lipinski definition) is 4. The maximum atomic E-state index is 12.4. The van der Waals surface area contributed by atoms with Crippen LogP contribution in [-0.2, 0) is 9.59 Å². The average molecular weight is 286 g/mol. The van der Waals surface area contributed by atoms with Gasteiger partial charge >= 0.3 is 5.97 Å². The number of carboxylic acid groups (broad SMARTS) is 1. The molecule has 2 aliphatic heterocycles. The van der Waals surface area contributed by atoms with Crippen LogP contribution in [-0.4, -0.2) is 70.5 Å². The second-order valence-corrected chi connectivity index (χ2v) is 6.51. The summed E-state index contributed by atoms with van der Waals surface area (Å²) in [6.45, 7) is 2.97. The standard InChI is InChI=1S/C13H22N2O3S/c16-12(17)10-14-5-3-6-15(8-7-14)13(18)11-4-1-2-9-19-11/h11H,1-10H2,(H,16,17). The van der Waals surface area contributed by atoms with E-state index in [9.17, 15) is 9.59 Å². The van der Waals surface area contributed by atoms with Crippen molar-refractivity contribution in [1.82, 2.24) is 9.80 Å². The predicted molar refractivity (Wildman–Crippen MR) is 75.4 cm³/mol. The fraction of sp³-hybridized carbons (Fsp3) is 0.846. The Balaban J connectivity index is 1.84. The number of carbonyl (C=O) groups is 2. The minimum Gasteiger partial charge on any atom is -0.480 e. The van der Waals surface area contributed by atoms with Crippen LogP contribution in [0, 0.1) is 0 Å². The third kappa shape index (κ3) is 4.38. The van der Waals surface area contributed by atoms with Crippen LogP contribution in [0.25, 0.3) is 0 Å². The van der Waals surface area contributed by atoms with Crippen molar-refractivity contribution in [2.45, 2.75) is 30.9 Å². The Morgan fingerprint density at radius 3 is 2.63 bits per heavy atom. The molecule has 1 N–H and O–H groups in total. The van der Waals surface area contributed by atoms with E-state index in [1.165, 1.54) is 6.42 Å². The van der Waals surface area contributed by atoms with Crippen molar-refractivity contribution >= 4 is 23.6 Å². The molecule has 19 heavy (non-hydrogen) atoms. The van der Waals surface area contributed by atoms with Gasteiger partial charge in [-0.25, -0.2) is 0 Å². The van der Waals surface area contributed by atoms with Gasteiger partial charge in [-0.1, -0.05) is 6.42 Å². The van der Waals surface area contributed by atoms with Gasteiger partial charge in [0, 0.05) is 26.2 Å². The molecule has 1 unspecified atom stereocenters. The zero-order valence-electron chi connectivity index (χ0n) is 11.2. The van der Waals surface area contributed by atoms with Crippen LogP contribution in [0.4, 0.5) is 0 Å². The van der Waals surface area contributed by atoms with Crippen molar-refractivity contribution in [3.05, 3.63) is 0 Å². The first-order chi connectivity index (χ1) is 9.16. The van der Waals surface area contributed by atoms with Crippen molar-refractivity contribution in [3.8, 4) is 0 Å². The highest BCUT2D eigenvalue weighted by atomic mass is 32.2. The van der Waals surface area contributed by atoms with Gasteiger partial charge in [-0.2, -0.15) is 0 Å². The van der Waals surface area contributed by atoms with Gasteiger partial charge in [0.2, 0.25) is 5.91 Å². The van der Waals surface area contributed by atoms with Gasteiger partial charge in [-0.3, -0.25) is 14.5 Å². The molecule has 0 aromatic carbocycles. The third-order valence-electron chi connectivity index (χ3n) is 3.71. The Kier molecular flexibility index (Phi) is 5.51. The zero-order valence-corrected chi connectivity index (χ0v) is 12.0. The summed E-state index contributed by atoms with van der Waals surface area (Å²) in [4.78, 5) is 27.0. The number of nitrogens with zero attached hydrogens (tertiary/aromatic N) is 2. The number of thioether (sulfide) groups is 1. The number of carbonyl (C=O) groups excluding carboxylic acids is 1. The van der Waals surface area contributed by atoms with E-state index in [4.69, 9.17) is 5.11 Å². The molecule has 0 saturated carbocycles. The number of hydrogen-bond donors (Lipinski definition) is 1. The molecule has 1 amide bonds. The van der Waals surface area contributed by atoms with Crippen LogP contribution in [0.3, 0.4) is 0 Å². The minimum atomic E-state index is -0.789. The van der Waals surface area contributed by atoms with Crippen molar-refractivity contribution in [2.24, 2.45) is 0 Å². The van der Waals surface area contributed by atoms with Crippen molar-refractivity contribution in [2.75, 3.05) is 38.5 Å². The summed E-state index contributed by atoms with van der Waals surface area (Å²) < 4.78 is 0. The highest BCUT2D eigenvalue weighted by Gasteiger charge is 2.28. The van der Waals surface area contributed by atoms with Crippen LogP contribution in [0.2, 0.25) is 0 Å². The molecule has 2 heterocycles. The smallest absolute Gasteiger partial charge is 0.317 e. The van der Waals surface area contributed by atoms with Crippen LogP contribution in [0.15, 0.2) is 0 Å². The van der Waals surface area contributed by atoms with E-state index >= 15 is 0 Å². The van der Waals surface area contributed by atoms with Crippen LogP contribution < -0.4 is 0 Å². The van der Waals surface area contributed by atoms with Gasteiger partial charge in [0.1, 0.15) is 0 Å². The predicted octanol–water partition coefficient (Wildman–Crippen LogP) is 0.891. The molecule has 6 heteroatoms. The van der Waals surface area contributed by atoms with E-state index in [0.717, 1.165) is 38.1 Å². The first-order valence-corrected chi connectivity index (χ1v) is 8.06. The summed E-state index contributed by atoms with van der Waals surface area (Å²) >= 11 is 1.78. The molecule has 0 aromatic rings. The lowest BCUT2D eigenvalue weighted by Crippen LogP contribution is -2.41. The minimum absolute atomic E-state index is 0.0835. The Labute approximate surface area is 118 Å². The Morgan fingerprint density at radius 1 is 1.11 bits per heavy atom. The second-order valence-electron chi connectivity index (χ2n) is 5.20. The molecule has 2 rings (SSSR count). The topological polar surface area (TPSA) is 60.9 Å². The molecule has 0 spiro atoms. The van der Waals surface area contributed by atoms with E-state index in [-0.39, 0.29) is 17.7 Å². The normalized spacial score (nSPS) is 25.9. The molecule has 0 bridgehead atoms. The maximum absolute atomic E-state index is 12.4. The fourth-order valence-electron chi connectivity index (χ4n) is 2.68. The van der Waals surface area contributed by atoms with Gasteiger partial charge in [0.05, 0.1) is 11.8 Å². The van der Waals surface area contributed by atoms with E-state index in [1.807, 2.05) is 9.80 Å². The van der Waals surface area contributed by atoms with Crippen LogP contribution in [0.5, 0.6) is 0 Å². The van der Waals surface area contributed by atoms with Gasteiger partial charge in [0.25, 0.3) is 0 Å². The van der Waals surface area contributed by atoms with E-state index in [1.54, 1.807) is 11.8 Å². The largest absolute Gasteiger partial charge is 0.480 e. The van der Waals surface area contributed by atoms with Crippen molar-refractivity contribution < 1.29 is 14.7 Å². The maximum Gasteiger partial charge on any atom is 0.317 e. The van der Waals surface area contributed by atoms with Crippen molar-refractivity contribution in [1.29, 1.82) is 0 Å². The molecule has 2 fully saturated rings. The SMILES string of the molecule is O=C(O)CN1CCCN(C(=O)C2CCCCS2)CC1.